The summed E-state index contributed by atoms with van der Waals surface area (Å²) in [5.74, 6) is 0.662. The van der Waals surface area contributed by atoms with Crippen molar-refractivity contribution in [2.24, 2.45) is 0 Å². The Bertz CT molecular complexity index is 1190. The van der Waals surface area contributed by atoms with Gasteiger partial charge in [0.25, 0.3) is 0 Å². The second-order valence-electron chi connectivity index (χ2n) is 6.83. The van der Waals surface area contributed by atoms with E-state index >= 15 is 0 Å². The Balaban J connectivity index is 1.67. The molecular weight excluding hydrogens is 372 g/mol. The third kappa shape index (κ3) is 3.67. The van der Waals surface area contributed by atoms with Crippen LogP contribution in [0, 0.1) is 13.8 Å². The molecule has 0 aliphatic carbocycles. The number of hydrogen-bond donors (Lipinski definition) is 0. The van der Waals surface area contributed by atoms with Crippen LogP contribution >= 0.6 is 11.6 Å². The number of benzene rings is 3. The molecule has 28 heavy (non-hydrogen) atoms. The highest BCUT2D eigenvalue weighted by Gasteiger charge is 2.14. The van der Waals surface area contributed by atoms with Crippen LogP contribution in [0.15, 0.2) is 75.9 Å². The van der Waals surface area contributed by atoms with Crippen molar-refractivity contribution in [2.45, 2.75) is 20.5 Å². The largest absolute Gasteiger partial charge is 0.489 e. The molecule has 0 aliphatic rings. The predicted molar refractivity (Wildman–Crippen MR) is 113 cm³/mol. The number of hydrogen-bond acceptors (Lipinski definition) is 3. The fraction of sp³-hybridized carbons (Fsp3) is 0.125. The van der Waals surface area contributed by atoms with Gasteiger partial charge < -0.3 is 9.15 Å². The van der Waals surface area contributed by atoms with E-state index in [1.54, 1.807) is 18.2 Å². The quantitative estimate of drug-likeness (QED) is 0.383. The molecule has 1 aromatic heterocycles. The molecule has 4 aromatic rings. The van der Waals surface area contributed by atoms with Gasteiger partial charge in [-0.2, -0.15) is 0 Å². The molecule has 3 aromatic carbocycles. The van der Waals surface area contributed by atoms with Crippen molar-refractivity contribution in [2.75, 3.05) is 0 Å². The Morgan fingerprint density at radius 1 is 0.929 bits per heavy atom. The molecule has 0 saturated heterocycles. The summed E-state index contributed by atoms with van der Waals surface area (Å²) in [5.41, 5.74) is 4.66. The van der Waals surface area contributed by atoms with E-state index in [-0.39, 0.29) is 5.63 Å². The van der Waals surface area contributed by atoms with E-state index in [4.69, 9.17) is 20.8 Å². The Morgan fingerprint density at radius 2 is 1.64 bits per heavy atom. The molecule has 0 bridgehead atoms. The molecule has 3 nitrogen and oxygen atoms in total. The van der Waals surface area contributed by atoms with Gasteiger partial charge in [-0.05, 0) is 54.8 Å². The summed E-state index contributed by atoms with van der Waals surface area (Å²) in [5, 5.41) is 1.51. The zero-order valence-electron chi connectivity index (χ0n) is 15.7. The number of halogens is 1. The van der Waals surface area contributed by atoms with Crippen LogP contribution in [0.2, 0.25) is 5.02 Å². The maximum Gasteiger partial charge on any atom is 0.344 e. The van der Waals surface area contributed by atoms with Gasteiger partial charge in [0.05, 0.1) is 5.56 Å². The first kappa shape index (κ1) is 18.3. The highest BCUT2D eigenvalue weighted by Crippen LogP contribution is 2.29. The number of rotatable bonds is 4. The average molecular weight is 391 g/mol. The molecule has 0 N–H and O–H groups in total. The maximum atomic E-state index is 12.6. The summed E-state index contributed by atoms with van der Waals surface area (Å²) in [6.45, 7) is 4.44. The zero-order chi connectivity index (χ0) is 19.7. The second-order valence-corrected chi connectivity index (χ2v) is 7.27. The van der Waals surface area contributed by atoms with Crippen molar-refractivity contribution < 1.29 is 9.15 Å². The lowest BCUT2D eigenvalue weighted by molar-refractivity contribution is 0.306. The third-order valence-electron chi connectivity index (χ3n) is 4.80. The molecule has 0 radical (unpaired) electrons. The predicted octanol–water partition coefficient (Wildman–Crippen LogP) is 6.31. The van der Waals surface area contributed by atoms with E-state index in [2.05, 4.69) is 19.1 Å². The lowest BCUT2D eigenvalue weighted by atomic mass is 10.00. The topological polar surface area (TPSA) is 39.4 Å². The van der Waals surface area contributed by atoms with Gasteiger partial charge in [0.15, 0.2) is 0 Å². The molecule has 0 unspecified atom stereocenters. The van der Waals surface area contributed by atoms with E-state index < -0.39 is 0 Å². The number of ether oxygens (including phenoxy) is 1. The van der Waals surface area contributed by atoms with Crippen LogP contribution in [-0.4, -0.2) is 0 Å². The maximum absolute atomic E-state index is 12.6. The van der Waals surface area contributed by atoms with Crippen LogP contribution in [0.3, 0.4) is 0 Å². The summed E-state index contributed by atoms with van der Waals surface area (Å²) in [4.78, 5) is 12.6. The summed E-state index contributed by atoms with van der Waals surface area (Å²) >= 11 is 5.96. The molecule has 1 heterocycles. The Hall–Kier alpha value is -3.04. The number of fused-ring (bicyclic) bond motifs is 1. The van der Waals surface area contributed by atoms with Crippen LogP contribution in [0.25, 0.3) is 22.1 Å². The van der Waals surface area contributed by atoms with Gasteiger partial charge in [-0.3, -0.25) is 0 Å². The summed E-state index contributed by atoms with van der Waals surface area (Å²) < 4.78 is 11.5. The molecule has 0 fully saturated rings. The lowest BCUT2D eigenvalue weighted by Crippen LogP contribution is -2.06. The zero-order valence-corrected chi connectivity index (χ0v) is 16.4. The van der Waals surface area contributed by atoms with Gasteiger partial charge in [-0.1, -0.05) is 53.6 Å². The van der Waals surface area contributed by atoms with Crippen molar-refractivity contribution >= 4 is 22.6 Å². The van der Waals surface area contributed by atoms with Gasteiger partial charge in [0, 0.05) is 16.5 Å². The molecule has 0 atom stereocenters. The SMILES string of the molecule is Cc1ccc(COc2ccc3c(C)c(-c4ccc(Cl)cc4)c(=O)oc3c2)cc1. The smallest absolute Gasteiger partial charge is 0.344 e. The average Bonchev–Trinajstić information content (AvgIpc) is 2.69. The van der Waals surface area contributed by atoms with Gasteiger partial charge in [-0.15, -0.1) is 0 Å². The third-order valence-corrected chi connectivity index (χ3v) is 5.05. The Morgan fingerprint density at radius 3 is 2.36 bits per heavy atom. The van der Waals surface area contributed by atoms with Crippen molar-refractivity contribution in [3.05, 3.63) is 98.9 Å². The normalized spacial score (nSPS) is 11.0. The van der Waals surface area contributed by atoms with Crippen molar-refractivity contribution in [3.63, 3.8) is 0 Å². The minimum absolute atomic E-state index is 0.372. The molecular formula is C24H19ClO3. The van der Waals surface area contributed by atoms with E-state index in [9.17, 15) is 4.79 Å². The first-order valence-corrected chi connectivity index (χ1v) is 9.41. The van der Waals surface area contributed by atoms with Crippen LogP contribution in [-0.2, 0) is 6.61 Å². The van der Waals surface area contributed by atoms with E-state index in [1.807, 2.05) is 43.3 Å². The highest BCUT2D eigenvalue weighted by molar-refractivity contribution is 6.30. The van der Waals surface area contributed by atoms with Gasteiger partial charge in [-0.25, -0.2) is 4.79 Å². The van der Waals surface area contributed by atoms with Gasteiger partial charge in [0.2, 0.25) is 0 Å². The Kier molecular flexibility index (Phi) is 4.93. The molecule has 4 rings (SSSR count). The summed E-state index contributed by atoms with van der Waals surface area (Å²) in [6, 6.07) is 21.0. The summed E-state index contributed by atoms with van der Waals surface area (Å²) in [6.07, 6.45) is 0. The van der Waals surface area contributed by atoms with Gasteiger partial charge in [0.1, 0.15) is 17.9 Å². The fourth-order valence-electron chi connectivity index (χ4n) is 3.23. The van der Waals surface area contributed by atoms with E-state index in [0.717, 1.165) is 22.1 Å². The second kappa shape index (κ2) is 7.53. The van der Waals surface area contributed by atoms with Crippen LogP contribution in [0.5, 0.6) is 5.75 Å². The van der Waals surface area contributed by atoms with E-state index in [0.29, 0.717) is 28.5 Å². The Labute approximate surface area is 168 Å². The van der Waals surface area contributed by atoms with Crippen molar-refractivity contribution in [3.8, 4) is 16.9 Å². The van der Waals surface area contributed by atoms with Crippen LogP contribution in [0.1, 0.15) is 16.7 Å². The molecule has 0 amide bonds. The first-order chi connectivity index (χ1) is 13.5. The molecule has 4 heteroatoms. The first-order valence-electron chi connectivity index (χ1n) is 9.03. The minimum Gasteiger partial charge on any atom is -0.489 e. The monoisotopic (exact) mass is 390 g/mol. The lowest BCUT2D eigenvalue weighted by Gasteiger charge is -2.10. The van der Waals surface area contributed by atoms with Crippen molar-refractivity contribution in [1.82, 2.24) is 0 Å². The highest BCUT2D eigenvalue weighted by atomic mass is 35.5. The molecule has 0 saturated carbocycles. The number of aryl methyl sites for hydroxylation is 2. The van der Waals surface area contributed by atoms with Gasteiger partial charge >= 0.3 is 5.63 Å². The van der Waals surface area contributed by atoms with E-state index in [1.165, 1.54) is 5.56 Å². The standard InChI is InChI=1S/C24H19ClO3/c1-15-3-5-17(6-4-15)14-27-20-11-12-21-16(2)23(24(26)28-22(21)13-20)18-7-9-19(25)10-8-18/h3-13H,14H2,1-2H3. The minimum atomic E-state index is -0.372. The molecule has 0 aliphatic heterocycles. The fourth-order valence-corrected chi connectivity index (χ4v) is 3.35. The van der Waals surface area contributed by atoms with Crippen LogP contribution in [0.4, 0.5) is 0 Å². The van der Waals surface area contributed by atoms with Crippen molar-refractivity contribution in [1.29, 1.82) is 0 Å². The molecule has 0 spiro atoms. The molecule has 140 valence electrons. The summed E-state index contributed by atoms with van der Waals surface area (Å²) in [7, 11) is 0. The van der Waals surface area contributed by atoms with Crippen LogP contribution < -0.4 is 10.4 Å².